The molecule has 3 rings (SSSR count). The molecular formula is C15H21N3O. The average molecular weight is 259 g/mol. The molecule has 2 aliphatic rings. The molecule has 0 atom stereocenters. The number of rotatable bonds is 6. The fraction of sp³-hybridized carbons (Fsp3) is 0.600. The Hall–Kier alpha value is -1.58. The number of amides is 1. The minimum atomic E-state index is 0.151. The second-order valence-electron chi connectivity index (χ2n) is 5.56. The smallest absolute Gasteiger partial charge is 0.257 e. The summed E-state index contributed by atoms with van der Waals surface area (Å²) in [6.07, 6.45) is 6.62. The highest BCUT2D eigenvalue weighted by Crippen LogP contribution is 2.36. The molecule has 1 N–H and O–H groups in total. The van der Waals surface area contributed by atoms with Crippen molar-refractivity contribution in [1.29, 1.82) is 0 Å². The number of aromatic nitrogens is 1. The summed E-state index contributed by atoms with van der Waals surface area (Å²) in [5.74, 6) is 1.61. The lowest BCUT2D eigenvalue weighted by Crippen LogP contribution is -2.35. The number of hydrogen-bond acceptors (Lipinski definition) is 3. The molecule has 0 aromatic carbocycles. The van der Waals surface area contributed by atoms with Crippen molar-refractivity contribution in [1.82, 2.24) is 9.88 Å². The van der Waals surface area contributed by atoms with Crippen molar-refractivity contribution in [3.05, 3.63) is 23.9 Å². The Labute approximate surface area is 114 Å². The molecule has 1 aromatic rings. The van der Waals surface area contributed by atoms with E-state index in [1.165, 1.54) is 12.8 Å². The molecule has 1 aromatic heterocycles. The molecule has 0 aliphatic heterocycles. The molecule has 4 nitrogen and oxygen atoms in total. The van der Waals surface area contributed by atoms with Crippen molar-refractivity contribution in [3.63, 3.8) is 0 Å². The molecule has 1 heterocycles. The summed E-state index contributed by atoms with van der Waals surface area (Å²) >= 11 is 0. The molecule has 19 heavy (non-hydrogen) atoms. The van der Waals surface area contributed by atoms with Crippen molar-refractivity contribution < 1.29 is 4.79 Å². The van der Waals surface area contributed by atoms with E-state index in [2.05, 4.69) is 15.2 Å². The first-order valence-corrected chi connectivity index (χ1v) is 7.29. The zero-order chi connectivity index (χ0) is 13.2. The Morgan fingerprint density at radius 2 is 2.21 bits per heavy atom. The lowest BCUT2D eigenvalue weighted by Gasteiger charge is -2.23. The van der Waals surface area contributed by atoms with Crippen LogP contribution in [-0.2, 0) is 0 Å². The van der Waals surface area contributed by atoms with Crippen LogP contribution in [0.5, 0.6) is 0 Å². The fourth-order valence-electron chi connectivity index (χ4n) is 2.40. The Kier molecular flexibility index (Phi) is 3.40. The predicted molar refractivity (Wildman–Crippen MR) is 75.2 cm³/mol. The summed E-state index contributed by atoms with van der Waals surface area (Å²) in [4.78, 5) is 19.1. The van der Waals surface area contributed by atoms with Gasteiger partial charge in [0.25, 0.3) is 5.91 Å². The summed E-state index contributed by atoms with van der Waals surface area (Å²) in [5, 5.41) is 3.18. The van der Waals surface area contributed by atoms with Gasteiger partial charge in [-0.1, -0.05) is 0 Å². The van der Waals surface area contributed by atoms with E-state index >= 15 is 0 Å². The maximum atomic E-state index is 12.7. The molecule has 0 saturated heterocycles. The van der Waals surface area contributed by atoms with Gasteiger partial charge in [0, 0.05) is 25.3 Å². The monoisotopic (exact) mass is 259 g/mol. The highest BCUT2D eigenvalue weighted by Gasteiger charge is 2.37. The van der Waals surface area contributed by atoms with Crippen LogP contribution in [0.25, 0.3) is 0 Å². The third-order valence-corrected chi connectivity index (χ3v) is 3.78. The number of carbonyl (C=O) groups excluding carboxylic acids is 1. The summed E-state index contributed by atoms with van der Waals surface area (Å²) in [7, 11) is 0. The first kappa shape index (κ1) is 12.5. The van der Waals surface area contributed by atoms with Crippen LogP contribution in [0.2, 0.25) is 0 Å². The predicted octanol–water partition coefficient (Wildman–Crippen LogP) is 2.53. The summed E-state index contributed by atoms with van der Waals surface area (Å²) < 4.78 is 0. The number of anilines is 1. The van der Waals surface area contributed by atoms with Gasteiger partial charge in [0.1, 0.15) is 5.82 Å². The number of nitrogens with one attached hydrogen (secondary N) is 1. The zero-order valence-corrected chi connectivity index (χ0v) is 11.4. The summed E-state index contributed by atoms with van der Waals surface area (Å²) in [5.41, 5.74) is 0.719. The minimum Gasteiger partial charge on any atom is -0.370 e. The van der Waals surface area contributed by atoms with E-state index in [1.54, 1.807) is 6.20 Å². The molecule has 102 valence electrons. The summed E-state index contributed by atoms with van der Waals surface area (Å²) in [6.45, 7) is 3.74. The van der Waals surface area contributed by atoms with E-state index < -0.39 is 0 Å². The zero-order valence-electron chi connectivity index (χ0n) is 11.4. The molecule has 0 spiro atoms. The molecule has 2 aliphatic carbocycles. The number of pyridine rings is 1. The van der Waals surface area contributed by atoms with Gasteiger partial charge in [0.05, 0.1) is 5.56 Å². The molecule has 2 saturated carbocycles. The lowest BCUT2D eigenvalue weighted by atomic mass is 10.2. The molecule has 2 fully saturated rings. The van der Waals surface area contributed by atoms with Gasteiger partial charge in [-0.15, -0.1) is 0 Å². The van der Waals surface area contributed by atoms with Crippen LogP contribution >= 0.6 is 0 Å². The van der Waals surface area contributed by atoms with Gasteiger partial charge in [-0.05, 0) is 50.7 Å². The van der Waals surface area contributed by atoms with Crippen LogP contribution in [0.4, 0.5) is 5.82 Å². The standard InChI is InChI=1S/C15H21N3O/c1-2-16-14-13(4-3-9-17-14)15(19)18(12-7-8-12)10-11-5-6-11/h3-4,9,11-12H,2,5-8,10H2,1H3,(H,16,17). The minimum absolute atomic E-state index is 0.151. The van der Waals surface area contributed by atoms with Gasteiger partial charge in [-0.25, -0.2) is 4.98 Å². The van der Waals surface area contributed by atoms with Gasteiger partial charge >= 0.3 is 0 Å². The summed E-state index contributed by atoms with van der Waals surface area (Å²) in [6, 6.07) is 4.20. The van der Waals surface area contributed by atoms with E-state index in [4.69, 9.17) is 0 Å². The molecule has 0 bridgehead atoms. The largest absolute Gasteiger partial charge is 0.370 e. The van der Waals surface area contributed by atoms with Crippen LogP contribution in [0.15, 0.2) is 18.3 Å². The SMILES string of the molecule is CCNc1ncccc1C(=O)N(CC1CC1)C1CC1. The van der Waals surface area contributed by atoms with Gasteiger partial charge in [-0.3, -0.25) is 4.79 Å². The second-order valence-corrected chi connectivity index (χ2v) is 5.56. The number of nitrogens with zero attached hydrogens (tertiary/aromatic N) is 2. The molecule has 4 heteroatoms. The van der Waals surface area contributed by atoms with Crippen molar-refractivity contribution in [2.24, 2.45) is 5.92 Å². The first-order chi connectivity index (χ1) is 9.29. The topological polar surface area (TPSA) is 45.2 Å². The van der Waals surface area contributed by atoms with E-state index in [9.17, 15) is 4.79 Å². The van der Waals surface area contributed by atoms with E-state index in [1.807, 2.05) is 19.1 Å². The Morgan fingerprint density at radius 1 is 1.42 bits per heavy atom. The molecule has 1 amide bonds. The molecule has 0 unspecified atom stereocenters. The normalized spacial score (nSPS) is 18.2. The van der Waals surface area contributed by atoms with Crippen molar-refractivity contribution >= 4 is 11.7 Å². The van der Waals surface area contributed by atoms with Crippen LogP contribution in [0.3, 0.4) is 0 Å². The van der Waals surface area contributed by atoms with Crippen LogP contribution < -0.4 is 5.32 Å². The maximum Gasteiger partial charge on any atom is 0.257 e. The fourth-order valence-corrected chi connectivity index (χ4v) is 2.40. The Balaban J connectivity index is 1.80. The van der Waals surface area contributed by atoms with Crippen molar-refractivity contribution in [2.45, 2.75) is 38.6 Å². The van der Waals surface area contributed by atoms with Crippen molar-refractivity contribution in [2.75, 3.05) is 18.4 Å². The maximum absolute atomic E-state index is 12.7. The highest BCUT2D eigenvalue weighted by molar-refractivity contribution is 5.99. The molecular weight excluding hydrogens is 238 g/mol. The average Bonchev–Trinajstić information content (AvgIpc) is 3.28. The van der Waals surface area contributed by atoms with E-state index in [0.29, 0.717) is 6.04 Å². The number of hydrogen-bond donors (Lipinski definition) is 1. The Bertz CT molecular complexity index is 466. The van der Waals surface area contributed by atoms with Gasteiger partial charge in [-0.2, -0.15) is 0 Å². The van der Waals surface area contributed by atoms with Crippen molar-refractivity contribution in [3.8, 4) is 0 Å². The second kappa shape index (κ2) is 5.19. The quantitative estimate of drug-likeness (QED) is 0.854. The third kappa shape index (κ3) is 2.88. The Morgan fingerprint density at radius 3 is 2.84 bits per heavy atom. The van der Waals surface area contributed by atoms with Gasteiger partial charge < -0.3 is 10.2 Å². The van der Waals surface area contributed by atoms with Gasteiger partial charge in [0.2, 0.25) is 0 Å². The lowest BCUT2D eigenvalue weighted by molar-refractivity contribution is 0.0735. The first-order valence-electron chi connectivity index (χ1n) is 7.29. The van der Waals surface area contributed by atoms with Crippen LogP contribution in [-0.4, -0.2) is 34.9 Å². The van der Waals surface area contributed by atoms with Crippen LogP contribution in [0, 0.1) is 5.92 Å². The highest BCUT2D eigenvalue weighted by atomic mass is 16.2. The number of carbonyl (C=O) groups is 1. The van der Waals surface area contributed by atoms with E-state index in [0.717, 1.165) is 43.2 Å². The van der Waals surface area contributed by atoms with E-state index in [-0.39, 0.29) is 5.91 Å². The third-order valence-electron chi connectivity index (χ3n) is 3.78. The van der Waals surface area contributed by atoms with Gasteiger partial charge in [0.15, 0.2) is 0 Å². The molecule has 0 radical (unpaired) electrons. The van der Waals surface area contributed by atoms with Crippen LogP contribution in [0.1, 0.15) is 43.0 Å².